The highest BCUT2D eigenvalue weighted by Gasteiger charge is 2.09. The molecule has 20 heavy (non-hydrogen) atoms. The number of rotatable bonds is 5. The standard InChI is InChI=1S/C16H22N2OS/c1-12-8-13(10-18-16(2,3)4)9-17-15(12)20-11-14-6-5-7-19-14/h5-9,18H,10-11H2,1-4H3. The van der Waals surface area contributed by atoms with Crippen molar-refractivity contribution in [2.24, 2.45) is 0 Å². The fraction of sp³-hybridized carbons (Fsp3) is 0.438. The zero-order valence-corrected chi connectivity index (χ0v) is 13.4. The van der Waals surface area contributed by atoms with Crippen LogP contribution in [-0.2, 0) is 12.3 Å². The first-order valence-electron chi connectivity index (χ1n) is 6.80. The van der Waals surface area contributed by atoms with Gasteiger partial charge in [0.2, 0.25) is 0 Å². The van der Waals surface area contributed by atoms with E-state index in [-0.39, 0.29) is 5.54 Å². The van der Waals surface area contributed by atoms with E-state index in [1.54, 1.807) is 18.0 Å². The van der Waals surface area contributed by atoms with Gasteiger partial charge in [0.25, 0.3) is 0 Å². The number of furan rings is 1. The Bertz CT molecular complexity index is 544. The van der Waals surface area contributed by atoms with E-state index in [9.17, 15) is 0 Å². The Hall–Kier alpha value is -1.26. The first-order chi connectivity index (χ1) is 9.44. The minimum atomic E-state index is 0.126. The smallest absolute Gasteiger partial charge is 0.114 e. The largest absolute Gasteiger partial charge is 0.468 e. The maximum atomic E-state index is 5.34. The third kappa shape index (κ3) is 4.69. The van der Waals surface area contributed by atoms with Crippen LogP contribution in [0.1, 0.15) is 37.7 Å². The normalized spacial score (nSPS) is 11.8. The van der Waals surface area contributed by atoms with E-state index >= 15 is 0 Å². The molecule has 2 rings (SSSR count). The topological polar surface area (TPSA) is 38.1 Å². The van der Waals surface area contributed by atoms with Crippen molar-refractivity contribution in [3.63, 3.8) is 0 Å². The summed E-state index contributed by atoms with van der Waals surface area (Å²) in [6.45, 7) is 9.46. The third-order valence-electron chi connectivity index (χ3n) is 2.84. The maximum absolute atomic E-state index is 5.34. The lowest BCUT2D eigenvalue weighted by molar-refractivity contribution is 0.424. The molecule has 0 amide bonds. The van der Waals surface area contributed by atoms with Crippen LogP contribution in [0, 0.1) is 6.92 Å². The molecule has 3 nitrogen and oxygen atoms in total. The van der Waals surface area contributed by atoms with E-state index in [2.05, 4.69) is 44.1 Å². The predicted octanol–water partition coefficient (Wildman–Crippen LogP) is 4.16. The first kappa shape index (κ1) is 15.1. The van der Waals surface area contributed by atoms with Crippen LogP contribution in [0.25, 0.3) is 0 Å². The average molecular weight is 290 g/mol. The highest BCUT2D eigenvalue weighted by Crippen LogP contribution is 2.24. The fourth-order valence-corrected chi connectivity index (χ4v) is 2.63. The van der Waals surface area contributed by atoms with Gasteiger partial charge in [0, 0.05) is 18.3 Å². The van der Waals surface area contributed by atoms with Crippen LogP contribution in [0.15, 0.2) is 40.1 Å². The number of pyridine rings is 1. The maximum Gasteiger partial charge on any atom is 0.114 e. The van der Waals surface area contributed by atoms with Crippen LogP contribution >= 0.6 is 11.8 Å². The van der Waals surface area contributed by atoms with E-state index < -0.39 is 0 Å². The van der Waals surface area contributed by atoms with Crippen molar-refractivity contribution in [2.45, 2.75) is 50.6 Å². The van der Waals surface area contributed by atoms with Gasteiger partial charge < -0.3 is 9.73 Å². The van der Waals surface area contributed by atoms with Crippen LogP contribution in [0.3, 0.4) is 0 Å². The van der Waals surface area contributed by atoms with Crippen molar-refractivity contribution in [3.8, 4) is 0 Å². The van der Waals surface area contributed by atoms with Crippen molar-refractivity contribution in [3.05, 3.63) is 47.5 Å². The Morgan fingerprint density at radius 1 is 1.35 bits per heavy atom. The summed E-state index contributed by atoms with van der Waals surface area (Å²) in [7, 11) is 0. The monoisotopic (exact) mass is 290 g/mol. The van der Waals surface area contributed by atoms with Gasteiger partial charge in [0.15, 0.2) is 0 Å². The van der Waals surface area contributed by atoms with Gasteiger partial charge in [0.05, 0.1) is 17.0 Å². The molecule has 0 fully saturated rings. The van der Waals surface area contributed by atoms with Crippen LogP contribution < -0.4 is 5.32 Å². The second-order valence-electron chi connectivity index (χ2n) is 5.94. The quantitative estimate of drug-likeness (QED) is 0.839. The molecule has 0 aromatic carbocycles. The number of aryl methyl sites for hydroxylation is 1. The van der Waals surface area contributed by atoms with Gasteiger partial charge in [0.1, 0.15) is 5.76 Å². The summed E-state index contributed by atoms with van der Waals surface area (Å²) < 4.78 is 5.34. The number of hydrogen-bond donors (Lipinski definition) is 1. The predicted molar refractivity (Wildman–Crippen MR) is 83.8 cm³/mol. The molecule has 0 aliphatic carbocycles. The molecule has 1 N–H and O–H groups in total. The molecule has 0 saturated carbocycles. The van der Waals surface area contributed by atoms with Crippen molar-refractivity contribution < 1.29 is 4.42 Å². The molecule has 0 aliphatic rings. The zero-order chi connectivity index (χ0) is 14.6. The molecule has 0 spiro atoms. The third-order valence-corrected chi connectivity index (χ3v) is 3.97. The van der Waals surface area contributed by atoms with Crippen LogP contribution in [0.5, 0.6) is 0 Å². The van der Waals surface area contributed by atoms with Crippen molar-refractivity contribution in [1.82, 2.24) is 10.3 Å². The number of thioether (sulfide) groups is 1. The Kier molecular flexibility index (Phi) is 4.89. The number of nitrogens with one attached hydrogen (secondary N) is 1. The lowest BCUT2D eigenvalue weighted by Crippen LogP contribution is -2.35. The Balaban J connectivity index is 1.95. The summed E-state index contributed by atoms with van der Waals surface area (Å²) >= 11 is 1.71. The van der Waals surface area contributed by atoms with E-state index in [1.807, 2.05) is 18.3 Å². The summed E-state index contributed by atoms with van der Waals surface area (Å²) in [4.78, 5) is 4.56. The SMILES string of the molecule is Cc1cc(CNC(C)(C)C)cnc1SCc1ccco1. The Morgan fingerprint density at radius 3 is 2.75 bits per heavy atom. The van der Waals surface area contributed by atoms with Gasteiger partial charge in [-0.25, -0.2) is 4.98 Å². The van der Waals surface area contributed by atoms with Gasteiger partial charge in [-0.1, -0.05) is 17.8 Å². The molecule has 108 valence electrons. The molecule has 0 bridgehead atoms. The van der Waals surface area contributed by atoms with E-state index in [0.717, 1.165) is 23.1 Å². The van der Waals surface area contributed by atoms with Gasteiger partial charge in [-0.15, -0.1) is 0 Å². The lowest BCUT2D eigenvalue weighted by Gasteiger charge is -2.20. The second-order valence-corrected chi connectivity index (χ2v) is 6.90. The van der Waals surface area contributed by atoms with Gasteiger partial charge in [-0.3, -0.25) is 0 Å². The molecular weight excluding hydrogens is 268 g/mol. The lowest BCUT2D eigenvalue weighted by atomic mass is 10.1. The van der Waals surface area contributed by atoms with E-state index in [0.29, 0.717) is 0 Å². The summed E-state index contributed by atoms with van der Waals surface area (Å²) in [5.41, 5.74) is 2.56. The average Bonchev–Trinajstić information content (AvgIpc) is 2.87. The highest BCUT2D eigenvalue weighted by molar-refractivity contribution is 7.98. The van der Waals surface area contributed by atoms with E-state index in [1.165, 1.54) is 11.1 Å². The second kappa shape index (κ2) is 6.46. The molecule has 2 heterocycles. The molecule has 0 unspecified atom stereocenters. The fourth-order valence-electron chi connectivity index (χ4n) is 1.77. The van der Waals surface area contributed by atoms with Crippen LogP contribution in [0.2, 0.25) is 0 Å². The van der Waals surface area contributed by atoms with Crippen molar-refractivity contribution in [1.29, 1.82) is 0 Å². The summed E-state index contributed by atoms with van der Waals surface area (Å²) in [6, 6.07) is 6.11. The van der Waals surface area contributed by atoms with Gasteiger partial charge >= 0.3 is 0 Å². The molecule has 0 radical (unpaired) electrons. The number of aromatic nitrogens is 1. The van der Waals surface area contributed by atoms with Crippen molar-refractivity contribution >= 4 is 11.8 Å². The van der Waals surface area contributed by atoms with Crippen molar-refractivity contribution in [2.75, 3.05) is 0 Å². The summed E-state index contributed by atoms with van der Waals surface area (Å²) in [5, 5.41) is 4.55. The molecular formula is C16H22N2OS. The molecule has 0 atom stereocenters. The zero-order valence-electron chi connectivity index (χ0n) is 12.6. The molecule has 2 aromatic rings. The number of hydrogen-bond acceptors (Lipinski definition) is 4. The molecule has 0 aliphatic heterocycles. The summed E-state index contributed by atoms with van der Waals surface area (Å²) in [5.74, 6) is 1.80. The number of nitrogens with zero attached hydrogens (tertiary/aromatic N) is 1. The van der Waals surface area contributed by atoms with Crippen LogP contribution in [0.4, 0.5) is 0 Å². The minimum Gasteiger partial charge on any atom is -0.468 e. The first-order valence-corrected chi connectivity index (χ1v) is 7.78. The van der Waals surface area contributed by atoms with Gasteiger partial charge in [-0.05, 0) is 51.0 Å². The summed E-state index contributed by atoms with van der Waals surface area (Å²) in [6.07, 6.45) is 3.66. The highest BCUT2D eigenvalue weighted by atomic mass is 32.2. The Labute approximate surface area is 125 Å². The van der Waals surface area contributed by atoms with Gasteiger partial charge in [-0.2, -0.15) is 0 Å². The Morgan fingerprint density at radius 2 is 2.15 bits per heavy atom. The minimum absolute atomic E-state index is 0.126. The van der Waals surface area contributed by atoms with E-state index in [4.69, 9.17) is 4.42 Å². The van der Waals surface area contributed by atoms with Crippen LogP contribution in [-0.4, -0.2) is 10.5 Å². The molecule has 0 saturated heterocycles. The molecule has 4 heteroatoms. The molecule has 2 aromatic heterocycles.